The molecular weight excluding hydrogens is 304 g/mol. The lowest BCUT2D eigenvalue weighted by atomic mass is 10.0. The van der Waals surface area contributed by atoms with Crippen LogP contribution in [-0.2, 0) is 9.59 Å². The summed E-state index contributed by atoms with van der Waals surface area (Å²) < 4.78 is 5.66. The summed E-state index contributed by atoms with van der Waals surface area (Å²) in [6.07, 6.45) is 0.0766. The Hall–Kier alpha value is -2.82. The molecule has 0 spiro atoms. The molecule has 0 bridgehead atoms. The first-order valence-corrected chi connectivity index (χ1v) is 7.93. The van der Waals surface area contributed by atoms with Gasteiger partial charge < -0.3 is 15.4 Å². The van der Waals surface area contributed by atoms with Crippen LogP contribution >= 0.6 is 0 Å². The molecule has 2 N–H and O–H groups in total. The highest BCUT2D eigenvalue weighted by Crippen LogP contribution is 2.28. The quantitative estimate of drug-likeness (QED) is 0.910. The number of amides is 2. The van der Waals surface area contributed by atoms with Crippen molar-refractivity contribution in [2.45, 2.75) is 20.3 Å². The maximum absolute atomic E-state index is 12.3. The molecule has 0 saturated carbocycles. The zero-order valence-corrected chi connectivity index (χ0v) is 13.8. The number of benzene rings is 2. The molecule has 1 aliphatic heterocycles. The van der Waals surface area contributed by atoms with Gasteiger partial charge in [-0.25, -0.2) is 0 Å². The van der Waals surface area contributed by atoms with E-state index in [2.05, 4.69) is 10.6 Å². The van der Waals surface area contributed by atoms with Crippen molar-refractivity contribution in [3.8, 4) is 5.75 Å². The second-order valence-corrected chi connectivity index (χ2v) is 5.99. The number of aryl methyl sites for hydroxylation is 1. The Bertz CT molecular complexity index is 786. The van der Waals surface area contributed by atoms with Crippen LogP contribution in [0.25, 0.3) is 0 Å². The zero-order valence-electron chi connectivity index (χ0n) is 13.8. The summed E-state index contributed by atoms with van der Waals surface area (Å²) in [5, 5.41) is 5.70. The van der Waals surface area contributed by atoms with Crippen molar-refractivity contribution in [3.63, 3.8) is 0 Å². The summed E-state index contributed by atoms with van der Waals surface area (Å²) in [4.78, 5) is 24.6. The van der Waals surface area contributed by atoms with E-state index in [9.17, 15) is 9.59 Å². The summed E-state index contributed by atoms with van der Waals surface area (Å²) in [5.74, 6) is -0.291. The van der Waals surface area contributed by atoms with E-state index in [1.165, 1.54) is 0 Å². The lowest BCUT2D eigenvalue weighted by Gasteiger charge is -2.14. The molecule has 0 saturated heterocycles. The van der Waals surface area contributed by atoms with E-state index >= 15 is 0 Å². The lowest BCUT2D eigenvalue weighted by Crippen LogP contribution is -2.29. The van der Waals surface area contributed by atoms with Gasteiger partial charge in [0, 0.05) is 12.1 Å². The molecule has 5 nitrogen and oxygen atoms in total. The summed E-state index contributed by atoms with van der Waals surface area (Å²) in [5.41, 5.74) is 3.55. The van der Waals surface area contributed by atoms with Crippen molar-refractivity contribution >= 4 is 23.2 Å². The number of ether oxygens (including phenoxy) is 1. The highest BCUT2D eigenvalue weighted by Gasteiger charge is 2.27. The van der Waals surface area contributed by atoms with E-state index in [-0.39, 0.29) is 24.8 Å². The SMILES string of the molecule is Cc1cccc(NC(=O)C[C@H]2COc3ccccc3NC2=O)c1C. The van der Waals surface area contributed by atoms with Crippen LogP contribution < -0.4 is 15.4 Å². The molecule has 24 heavy (non-hydrogen) atoms. The number of fused-ring (bicyclic) bond motifs is 1. The molecule has 1 heterocycles. The van der Waals surface area contributed by atoms with Gasteiger partial charge >= 0.3 is 0 Å². The van der Waals surface area contributed by atoms with Gasteiger partial charge in [-0.2, -0.15) is 0 Å². The molecule has 0 unspecified atom stereocenters. The van der Waals surface area contributed by atoms with Crippen molar-refractivity contribution in [2.75, 3.05) is 17.2 Å². The second-order valence-electron chi connectivity index (χ2n) is 5.99. The summed E-state index contributed by atoms with van der Waals surface area (Å²) in [7, 11) is 0. The average molecular weight is 324 g/mol. The topological polar surface area (TPSA) is 67.4 Å². The molecule has 3 rings (SSSR count). The number of hydrogen-bond donors (Lipinski definition) is 2. The maximum Gasteiger partial charge on any atom is 0.231 e. The fourth-order valence-electron chi connectivity index (χ4n) is 2.66. The predicted molar refractivity (Wildman–Crippen MR) is 93.2 cm³/mol. The van der Waals surface area contributed by atoms with Gasteiger partial charge in [-0.15, -0.1) is 0 Å². The van der Waals surface area contributed by atoms with Crippen molar-refractivity contribution < 1.29 is 14.3 Å². The molecule has 0 fully saturated rings. The van der Waals surface area contributed by atoms with E-state index in [1.54, 1.807) is 12.1 Å². The fourth-order valence-corrected chi connectivity index (χ4v) is 2.66. The van der Waals surface area contributed by atoms with E-state index in [0.29, 0.717) is 11.4 Å². The molecule has 2 amide bonds. The lowest BCUT2D eigenvalue weighted by molar-refractivity contribution is -0.125. The van der Waals surface area contributed by atoms with E-state index in [1.807, 2.05) is 44.2 Å². The van der Waals surface area contributed by atoms with Crippen LogP contribution in [-0.4, -0.2) is 18.4 Å². The molecule has 1 aliphatic rings. The molecule has 1 atom stereocenters. The smallest absolute Gasteiger partial charge is 0.231 e. The Morgan fingerprint density at radius 3 is 2.83 bits per heavy atom. The van der Waals surface area contributed by atoms with Crippen LogP contribution in [0.15, 0.2) is 42.5 Å². The second kappa shape index (κ2) is 6.74. The first kappa shape index (κ1) is 16.1. The molecule has 0 aromatic heterocycles. The van der Waals surface area contributed by atoms with Crippen LogP contribution in [0.1, 0.15) is 17.5 Å². The van der Waals surface area contributed by atoms with Gasteiger partial charge in [0.15, 0.2) is 0 Å². The van der Waals surface area contributed by atoms with Gasteiger partial charge in [-0.3, -0.25) is 9.59 Å². The van der Waals surface area contributed by atoms with Gasteiger partial charge in [0.1, 0.15) is 12.4 Å². The minimum absolute atomic E-state index is 0.0766. The molecule has 124 valence electrons. The van der Waals surface area contributed by atoms with Crippen LogP contribution in [0.5, 0.6) is 5.75 Å². The third kappa shape index (κ3) is 3.40. The molecular formula is C19H20N2O3. The number of carbonyl (C=O) groups is 2. The van der Waals surface area contributed by atoms with Crippen molar-refractivity contribution in [2.24, 2.45) is 5.92 Å². The third-order valence-electron chi connectivity index (χ3n) is 4.27. The van der Waals surface area contributed by atoms with Gasteiger partial charge in [0.25, 0.3) is 0 Å². The van der Waals surface area contributed by atoms with Gasteiger partial charge in [0.05, 0.1) is 11.6 Å². The number of hydrogen-bond acceptors (Lipinski definition) is 3. The Balaban J connectivity index is 1.67. The highest BCUT2D eigenvalue weighted by atomic mass is 16.5. The molecule has 2 aromatic carbocycles. The van der Waals surface area contributed by atoms with Crippen molar-refractivity contribution in [1.29, 1.82) is 0 Å². The van der Waals surface area contributed by atoms with Crippen molar-refractivity contribution in [3.05, 3.63) is 53.6 Å². The minimum Gasteiger partial charge on any atom is -0.491 e. The van der Waals surface area contributed by atoms with Gasteiger partial charge in [-0.1, -0.05) is 24.3 Å². The fraction of sp³-hybridized carbons (Fsp3) is 0.263. The maximum atomic E-state index is 12.3. The molecule has 0 aliphatic carbocycles. The van der Waals surface area contributed by atoms with E-state index in [0.717, 1.165) is 16.8 Å². The van der Waals surface area contributed by atoms with E-state index < -0.39 is 5.92 Å². The number of nitrogens with one attached hydrogen (secondary N) is 2. The number of carbonyl (C=O) groups excluding carboxylic acids is 2. The normalized spacial score (nSPS) is 16.4. The predicted octanol–water partition coefficient (Wildman–Crippen LogP) is 3.28. The first-order chi connectivity index (χ1) is 11.5. The Morgan fingerprint density at radius 1 is 1.21 bits per heavy atom. The van der Waals surface area contributed by atoms with Gasteiger partial charge in [-0.05, 0) is 43.2 Å². The minimum atomic E-state index is -0.525. The van der Waals surface area contributed by atoms with Crippen molar-refractivity contribution in [1.82, 2.24) is 0 Å². The van der Waals surface area contributed by atoms with Crippen LogP contribution in [0.4, 0.5) is 11.4 Å². The number of para-hydroxylation sites is 2. The molecule has 2 aromatic rings. The summed E-state index contributed by atoms with van der Waals surface area (Å²) in [6, 6.07) is 13.0. The largest absolute Gasteiger partial charge is 0.491 e. The third-order valence-corrected chi connectivity index (χ3v) is 4.27. The Morgan fingerprint density at radius 2 is 2.00 bits per heavy atom. The van der Waals surface area contributed by atoms with Gasteiger partial charge in [0.2, 0.25) is 11.8 Å². The molecule has 5 heteroatoms. The number of anilines is 2. The highest BCUT2D eigenvalue weighted by molar-refractivity contribution is 5.99. The molecule has 0 radical (unpaired) electrons. The Labute approximate surface area is 141 Å². The average Bonchev–Trinajstić information content (AvgIpc) is 2.71. The van der Waals surface area contributed by atoms with Crippen LogP contribution in [0.2, 0.25) is 0 Å². The van der Waals surface area contributed by atoms with Crippen LogP contribution in [0.3, 0.4) is 0 Å². The van der Waals surface area contributed by atoms with E-state index in [4.69, 9.17) is 4.74 Å². The summed E-state index contributed by atoms with van der Waals surface area (Å²) in [6.45, 7) is 4.14. The van der Waals surface area contributed by atoms with Crippen LogP contribution in [0, 0.1) is 19.8 Å². The Kier molecular flexibility index (Phi) is 4.51. The monoisotopic (exact) mass is 324 g/mol. The zero-order chi connectivity index (χ0) is 17.1. The summed E-state index contributed by atoms with van der Waals surface area (Å²) >= 11 is 0. The number of rotatable bonds is 3. The standard InChI is InChI=1S/C19H20N2O3/c1-12-6-5-8-15(13(12)2)20-18(22)10-14-11-24-17-9-4-3-7-16(17)21-19(14)23/h3-9,14H,10-11H2,1-2H3,(H,20,22)(H,21,23)/t14-/m0/s1. The first-order valence-electron chi connectivity index (χ1n) is 7.93.